The molecule has 0 bridgehead atoms. The normalized spacial score (nSPS) is 17.0. The van der Waals surface area contributed by atoms with Crippen LogP contribution in [0.1, 0.15) is 36.8 Å². The van der Waals surface area contributed by atoms with Crippen molar-refractivity contribution in [2.24, 2.45) is 7.05 Å². The molecule has 1 aromatic heterocycles. The van der Waals surface area contributed by atoms with Crippen molar-refractivity contribution < 1.29 is 9.90 Å². The molecular formula is C17H20N2O2. The Morgan fingerprint density at radius 2 is 1.86 bits per heavy atom. The van der Waals surface area contributed by atoms with Crippen molar-refractivity contribution in [3.05, 3.63) is 41.6 Å². The van der Waals surface area contributed by atoms with Gasteiger partial charge in [-0.2, -0.15) is 5.10 Å². The molecule has 0 unspecified atom stereocenters. The first-order chi connectivity index (χ1) is 10.0. The maximum absolute atomic E-state index is 11.7. The van der Waals surface area contributed by atoms with Gasteiger partial charge in [0.1, 0.15) is 0 Å². The molecule has 0 radical (unpaired) electrons. The summed E-state index contributed by atoms with van der Waals surface area (Å²) in [6.07, 6.45) is 5.32. The summed E-state index contributed by atoms with van der Waals surface area (Å²) in [5.41, 5.74) is 3.53. The number of carboxylic acid groups (broad SMARTS) is 1. The van der Waals surface area contributed by atoms with Crippen LogP contribution in [0.2, 0.25) is 0 Å². The first-order valence-corrected chi connectivity index (χ1v) is 7.37. The van der Waals surface area contributed by atoms with E-state index in [1.165, 1.54) is 0 Å². The van der Waals surface area contributed by atoms with Gasteiger partial charge in [-0.25, -0.2) is 0 Å². The summed E-state index contributed by atoms with van der Waals surface area (Å²) in [5, 5.41) is 13.9. The average molecular weight is 284 g/mol. The van der Waals surface area contributed by atoms with Gasteiger partial charge in [0, 0.05) is 12.6 Å². The molecule has 3 rings (SSSR count). The molecule has 1 heterocycles. The van der Waals surface area contributed by atoms with Crippen molar-refractivity contribution in [1.29, 1.82) is 0 Å². The van der Waals surface area contributed by atoms with Crippen LogP contribution in [0.25, 0.3) is 11.3 Å². The van der Waals surface area contributed by atoms with Crippen LogP contribution < -0.4 is 0 Å². The summed E-state index contributed by atoms with van der Waals surface area (Å²) in [6.45, 7) is 2.03. The number of hydrogen-bond donors (Lipinski definition) is 1. The number of aliphatic carboxylic acids is 1. The van der Waals surface area contributed by atoms with Crippen LogP contribution in [0.4, 0.5) is 0 Å². The maximum atomic E-state index is 11.7. The Balaban J connectivity index is 2.00. The molecule has 21 heavy (non-hydrogen) atoms. The molecule has 1 aromatic carbocycles. The van der Waals surface area contributed by atoms with Crippen LogP contribution in [0.3, 0.4) is 0 Å². The van der Waals surface area contributed by atoms with Gasteiger partial charge in [0.2, 0.25) is 0 Å². The molecule has 1 aliphatic rings. The SMILES string of the molecule is Cc1cnn(C)c1-c1ccc(C2(C(=O)O)CCCC2)cc1. The minimum Gasteiger partial charge on any atom is -0.481 e. The molecule has 0 amide bonds. The molecule has 4 heteroatoms. The predicted octanol–water partition coefficient (Wildman–Crippen LogP) is 3.29. The minimum atomic E-state index is -0.690. The van der Waals surface area contributed by atoms with Gasteiger partial charge in [-0.3, -0.25) is 9.48 Å². The number of aryl methyl sites for hydroxylation is 2. The predicted molar refractivity (Wildman–Crippen MR) is 81.2 cm³/mol. The molecule has 1 fully saturated rings. The zero-order valence-electron chi connectivity index (χ0n) is 12.5. The maximum Gasteiger partial charge on any atom is 0.314 e. The van der Waals surface area contributed by atoms with Crippen LogP contribution in [-0.4, -0.2) is 20.9 Å². The Hall–Kier alpha value is -2.10. The van der Waals surface area contributed by atoms with Gasteiger partial charge >= 0.3 is 5.97 Å². The van der Waals surface area contributed by atoms with Crippen molar-refractivity contribution in [2.45, 2.75) is 38.0 Å². The van der Waals surface area contributed by atoms with Crippen LogP contribution >= 0.6 is 0 Å². The number of benzene rings is 1. The van der Waals surface area contributed by atoms with Gasteiger partial charge in [-0.1, -0.05) is 37.1 Å². The van der Waals surface area contributed by atoms with E-state index < -0.39 is 11.4 Å². The average Bonchev–Trinajstić information content (AvgIpc) is 3.08. The van der Waals surface area contributed by atoms with E-state index in [-0.39, 0.29) is 0 Å². The minimum absolute atomic E-state index is 0.681. The third-order valence-electron chi connectivity index (χ3n) is 4.70. The lowest BCUT2D eigenvalue weighted by molar-refractivity contribution is -0.143. The first kappa shape index (κ1) is 13.9. The highest BCUT2D eigenvalue weighted by atomic mass is 16.4. The Morgan fingerprint density at radius 3 is 2.33 bits per heavy atom. The van der Waals surface area contributed by atoms with Crippen LogP contribution in [0.5, 0.6) is 0 Å². The van der Waals surface area contributed by atoms with Gasteiger partial charge < -0.3 is 5.11 Å². The fraction of sp³-hybridized carbons (Fsp3) is 0.412. The topological polar surface area (TPSA) is 55.1 Å². The molecule has 0 atom stereocenters. The molecule has 1 aliphatic carbocycles. The van der Waals surface area contributed by atoms with Crippen molar-refractivity contribution in [1.82, 2.24) is 9.78 Å². The number of aromatic nitrogens is 2. The molecule has 0 aliphatic heterocycles. The Kier molecular flexibility index (Phi) is 3.32. The third kappa shape index (κ3) is 2.15. The van der Waals surface area contributed by atoms with E-state index >= 15 is 0 Å². The van der Waals surface area contributed by atoms with E-state index in [1.54, 1.807) is 0 Å². The highest BCUT2D eigenvalue weighted by Crippen LogP contribution is 2.41. The van der Waals surface area contributed by atoms with E-state index in [2.05, 4.69) is 5.10 Å². The van der Waals surface area contributed by atoms with Crippen molar-refractivity contribution in [3.8, 4) is 11.3 Å². The van der Waals surface area contributed by atoms with Crippen molar-refractivity contribution >= 4 is 5.97 Å². The molecule has 0 saturated heterocycles. The first-order valence-electron chi connectivity index (χ1n) is 7.37. The molecule has 2 aromatic rings. The molecule has 4 nitrogen and oxygen atoms in total. The van der Waals surface area contributed by atoms with Crippen LogP contribution in [0.15, 0.2) is 30.5 Å². The summed E-state index contributed by atoms with van der Waals surface area (Å²) in [5.74, 6) is -0.690. The zero-order valence-corrected chi connectivity index (χ0v) is 12.5. The van der Waals surface area contributed by atoms with E-state index in [9.17, 15) is 9.90 Å². The fourth-order valence-corrected chi connectivity index (χ4v) is 3.51. The van der Waals surface area contributed by atoms with Gasteiger partial charge in [0.25, 0.3) is 0 Å². The lowest BCUT2D eigenvalue weighted by Gasteiger charge is -2.24. The Bertz CT molecular complexity index is 645. The molecule has 0 spiro atoms. The second-order valence-electron chi connectivity index (χ2n) is 5.97. The van der Waals surface area contributed by atoms with Gasteiger partial charge in [-0.05, 0) is 30.9 Å². The standard InChI is InChI=1S/C17H20N2O2/c1-12-11-18-19(2)15(12)13-5-7-14(8-6-13)17(16(20)21)9-3-4-10-17/h5-8,11H,3-4,9-10H2,1-2H3,(H,20,21). The number of hydrogen-bond acceptors (Lipinski definition) is 2. The number of nitrogens with zero attached hydrogens (tertiary/aromatic N) is 2. The Labute approximate surface area is 124 Å². The van der Waals surface area contributed by atoms with Gasteiger partial charge in [0.15, 0.2) is 0 Å². The molecule has 1 N–H and O–H groups in total. The lowest BCUT2D eigenvalue weighted by atomic mass is 9.78. The van der Waals surface area contributed by atoms with E-state index in [4.69, 9.17) is 0 Å². The van der Waals surface area contributed by atoms with Gasteiger partial charge in [0.05, 0.1) is 17.3 Å². The zero-order chi connectivity index (χ0) is 15.0. The largest absolute Gasteiger partial charge is 0.481 e. The fourth-order valence-electron chi connectivity index (χ4n) is 3.51. The number of rotatable bonds is 3. The highest BCUT2D eigenvalue weighted by Gasteiger charge is 2.42. The van der Waals surface area contributed by atoms with E-state index in [1.807, 2.05) is 49.1 Å². The quantitative estimate of drug-likeness (QED) is 0.941. The van der Waals surface area contributed by atoms with E-state index in [0.29, 0.717) is 0 Å². The lowest BCUT2D eigenvalue weighted by Crippen LogP contribution is -2.32. The summed E-state index contributed by atoms with van der Waals surface area (Å²) >= 11 is 0. The smallest absolute Gasteiger partial charge is 0.314 e. The summed E-state index contributed by atoms with van der Waals surface area (Å²) in [4.78, 5) is 11.7. The highest BCUT2D eigenvalue weighted by molar-refractivity contribution is 5.82. The summed E-state index contributed by atoms with van der Waals surface area (Å²) < 4.78 is 1.85. The van der Waals surface area contributed by atoms with Crippen molar-refractivity contribution in [2.75, 3.05) is 0 Å². The van der Waals surface area contributed by atoms with Crippen LogP contribution in [0, 0.1) is 6.92 Å². The van der Waals surface area contributed by atoms with E-state index in [0.717, 1.165) is 48.1 Å². The monoisotopic (exact) mass is 284 g/mol. The molecule has 110 valence electrons. The second-order valence-corrected chi connectivity index (χ2v) is 5.97. The van der Waals surface area contributed by atoms with Crippen molar-refractivity contribution in [3.63, 3.8) is 0 Å². The van der Waals surface area contributed by atoms with Crippen LogP contribution in [-0.2, 0) is 17.3 Å². The number of carbonyl (C=O) groups is 1. The van der Waals surface area contributed by atoms with Gasteiger partial charge in [-0.15, -0.1) is 0 Å². The Morgan fingerprint density at radius 1 is 1.24 bits per heavy atom. The molecule has 1 saturated carbocycles. The summed E-state index contributed by atoms with van der Waals surface area (Å²) in [6, 6.07) is 7.98. The number of carboxylic acids is 1. The third-order valence-corrected chi connectivity index (χ3v) is 4.70. The second kappa shape index (κ2) is 5.02. The summed E-state index contributed by atoms with van der Waals surface area (Å²) in [7, 11) is 1.92. The molecular weight excluding hydrogens is 264 g/mol.